The van der Waals surface area contributed by atoms with Gasteiger partial charge in [-0.3, -0.25) is 4.79 Å². The summed E-state index contributed by atoms with van der Waals surface area (Å²) in [5, 5.41) is 0. The molecule has 180 valence electrons. The Morgan fingerprint density at radius 3 is 2.46 bits per heavy atom. The van der Waals surface area contributed by atoms with Crippen LogP contribution in [0.2, 0.25) is 0 Å². The number of imidazole rings is 1. The molecular formula is C29H31N3O3. The molecule has 1 unspecified atom stereocenters. The predicted molar refractivity (Wildman–Crippen MR) is 138 cm³/mol. The molecule has 0 radical (unpaired) electrons. The van der Waals surface area contributed by atoms with Crippen LogP contribution in [0.15, 0.2) is 66.7 Å². The number of anilines is 1. The zero-order valence-electron chi connectivity index (χ0n) is 20.5. The fraction of sp³-hybridized carbons (Fsp3) is 0.310. The molecule has 1 aromatic heterocycles. The van der Waals surface area contributed by atoms with E-state index in [4.69, 9.17) is 14.5 Å². The lowest BCUT2D eigenvalue weighted by Crippen LogP contribution is -2.24. The van der Waals surface area contributed by atoms with E-state index in [-0.39, 0.29) is 11.8 Å². The molecule has 0 saturated carbocycles. The molecule has 0 bridgehead atoms. The number of benzene rings is 3. The molecule has 1 aliphatic heterocycles. The Morgan fingerprint density at radius 2 is 1.69 bits per heavy atom. The highest BCUT2D eigenvalue weighted by atomic mass is 16.5. The second kappa shape index (κ2) is 9.82. The largest absolute Gasteiger partial charge is 0.493 e. The van der Waals surface area contributed by atoms with E-state index < -0.39 is 0 Å². The van der Waals surface area contributed by atoms with Crippen molar-refractivity contribution in [2.75, 3.05) is 25.2 Å². The van der Waals surface area contributed by atoms with Gasteiger partial charge in [-0.05, 0) is 67.8 Å². The van der Waals surface area contributed by atoms with Crippen LogP contribution in [0.3, 0.4) is 0 Å². The summed E-state index contributed by atoms with van der Waals surface area (Å²) in [5.74, 6) is 2.65. The van der Waals surface area contributed by atoms with Crippen LogP contribution in [0.1, 0.15) is 35.7 Å². The van der Waals surface area contributed by atoms with Crippen LogP contribution >= 0.6 is 0 Å². The van der Waals surface area contributed by atoms with Crippen LogP contribution in [0.4, 0.5) is 5.69 Å². The number of amides is 1. The third-order valence-electron chi connectivity index (χ3n) is 6.55. The van der Waals surface area contributed by atoms with E-state index in [1.54, 1.807) is 7.11 Å². The summed E-state index contributed by atoms with van der Waals surface area (Å²) < 4.78 is 13.7. The SMILES string of the molecule is COc1ccccc1OCCCn1c(C2CC(=O)N(c3cc(C)cc(C)c3)C2)nc2ccccc21. The Kier molecular flexibility index (Phi) is 6.45. The summed E-state index contributed by atoms with van der Waals surface area (Å²) in [6.45, 7) is 6.11. The molecule has 5 rings (SSSR count). The van der Waals surface area contributed by atoms with Crippen LogP contribution in [0.25, 0.3) is 11.0 Å². The minimum absolute atomic E-state index is 0.0471. The summed E-state index contributed by atoms with van der Waals surface area (Å²) in [5.41, 5.74) is 5.36. The Hall–Kier alpha value is -3.80. The van der Waals surface area contributed by atoms with Gasteiger partial charge in [0, 0.05) is 31.1 Å². The predicted octanol–water partition coefficient (Wildman–Crippen LogP) is 5.65. The molecule has 0 aliphatic carbocycles. The van der Waals surface area contributed by atoms with Gasteiger partial charge in [-0.15, -0.1) is 0 Å². The number of hydrogen-bond acceptors (Lipinski definition) is 4. The van der Waals surface area contributed by atoms with Gasteiger partial charge in [0.2, 0.25) is 5.91 Å². The van der Waals surface area contributed by atoms with Gasteiger partial charge >= 0.3 is 0 Å². The van der Waals surface area contributed by atoms with Crippen LogP contribution < -0.4 is 14.4 Å². The van der Waals surface area contributed by atoms with Gasteiger partial charge in [0.15, 0.2) is 11.5 Å². The standard InChI is InChI=1S/C29H31N3O3/c1-20-15-21(2)17-23(16-20)32-19-22(18-28(32)33)29-30-24-9-4-5-10-25(24)31(29)13-8-14-35-27-12-7-6-11-26(27)34-3/h4-7,9-12,15-17,22H,8,13-14,18-19H2,1-3H3. The first-order valence-corrected chi connectivity index (χ1v) is 12.1. The average Bonchev–Trinajstić information content (AvgIpc) is 3.42. The lowest BCUT2D eigenvalue weighted by atomic mass is 10.1. The summed E-state index contributed by atoms with van der Waals surface area (Å²) >= 11 is 0. The third-order valence-corrected chi connectivity index (χ3v) is 6.55. The highest BCUT2D eigenvalue weighted by Crippen LogP contribution is 2.34. The highest BCUT2D eigenvalue weighted by molar-refractivity contribution is 5.96. The van der Waals surface area contributed by atoms with Gasteiger partial charge in [-0.2, -0.15) is 0 Å². The number of ether oxygens (including phenoxy) is 2. The zero-order valence-corrected chi connectivity index (χ0v) is 20.5. The minimum Gasteiger partial charge on any atom is -0.493 e. The van der Waals surface area contributed by atoms with Crippen LogP contribution in [0.5, 0.6) is 11.5 Å². The van der Waals surface area contributed by atoms with E-state index in [1.807, 2.05) is 47.4 Å². The van der Waals surface area contributed by atoms with Crippen molar-refractivity contribution < 1.29 is 14.3 Å². The first-order chi connectivity index (χ1) is 17.0. The maximum Gasteiger partial charge on any atom is 0.227 e. The number of methoxy groups -OCH3 is 1. The molecule has 1 saturated heterocycles. The molecule has 3 aromatic carbocycles. The Labute approximate surface area is 206 Å². The number of hydrogen-bond donors (Lipinski definition) is 0. The Bertz CT molecular complexity index is 1340. The first-order valence-electron chi connectivity index (χ1n) is 12.1. The molecule has 1 amide bonds. The topological polar surface area (TPSA) is 56.6 Å². The van der Waals surface area contributed by atoms with Crippen molar-refractivity contribution in [2.24, 2.45) is 0 Å². The van der Waals surface area contributed by atoms with Crippen molar-refractivity contribution in [1.82, 2.24) is 9.55 Å². The Balaban J connectivity index is 1.35. The van der Waals surface area contributed by atoms with Gasteiger partial charge in [0.1, 0.15) is 5.82 Å². The molecule has 35 heavy (non-hydrogen) atoms. The van der Waals surface area contributed by atoms with Gasteiger partial charge in [-0.1, -0.05) is 30.3 Å². The van der Waals surface area contributed by atoms with Crippen molar-refractivity contribution in [3.63, 3.8) is 0 Å². The number of carbonyl (C=O) groups excluding carboxylic acids is 1. The summed E-state index contributed by atoms with van der Waals surface area (Å²) in [6, 6.07) is 22.2. The van der Waals surface area contributed by atoms with Crippen molar-refractivity contribution >= 4 is 22.6 Å². The Morgan fingerprint density at radius 1 is 0.971 bits per heavy atom. The smallest absolute Gasteiger partial charge is 0.227 e. The molecule has 6 heteroatoms. The van der Waals surface area contributed by atoms with E-state index in [0.717, 1.165) is 47.0 Å². The van der Waals surface area contributed by atoms with Gasteiger partial charge < -0.3 is 18.9 Å². The molecule has 0 N–H and O–H groups in total. The van der Waals surface area contributed by atoms with Gasteiger partial charge in [0.05, 0.1) is 24.8 Å². The van der Waals surface area contributed by atoms with E-state index in [9.17, 15) is 4.79 Å². The summed E-state index contributed by atoms with van der Waals surface area (Å²) in [7, 11) is 1.65. The number of nitrogens with zero attached hydrogens (tertiary/aromatic N) is 3. The second-order valence-corrected chi connectivity index (χ2v) is 9.21. The first kappa shape index (κ1) is 23.0. The number of rotatable bonds is 8. The molecule has 6 nitrogen and oxygen atoms in total. The third kappa shape index (κ3) is 4.74. The number of fused-ring (bicyclic) bond motifs is 1. The fourth-order valence-corrected chi connectivity index (χ4v) is 5.02. The van der Waals surface area contributed by atoms with E-state index in [0.29, 0.717) is 19.6 Å². The van der Waals surface area contributed by atoms with Gasteiger partial charge in [0.25, 0.3) is 0 Å². The number of carbonyl (C=O) groups is 1. The lowest BCUT2D eigenvalue weighted by Gasteiger charge is -2.19. The maximum absolute atomic E-state index is 13.0. The van der Waals surface area contributed by atoms with E-state index in [1.165, 1.54) is 11.1 Å². The molecule has 0 spiro atoms. The van der Waals surface area contributed by atoms with Crippen LogP contribution in [-0.4, -0.2) is 35.7 Å². The molecule has 4 aromatic rings. The summed E-state index contributed by atoms with van der Waals surface area (Å²) in [6.07, 6.45) is 1.28. The number of aromatic nitrogens is 2. The van der Waals surface area contributed by atoms with Crippen molar-refractivity contribution in [2.45, 2.75) is 39.2 Å². The molecule has 1 aliphatic rings. The second-order valence-electron chi connectivity index (χ2n) is 9.21. The van der Waals surface area contributed by atoms with E-state index in [2.05, 4.69) is 42.7 Å². The summed E-state index contributed by atoms with van der Waals surface area (Å²) in [4.78, 5) is 19.9. The van der Waals surface area contributed by atoms with E-state index >= 15 is 0 Å². The fourth-order valence-electron chi connectivity index (χ4n) is 5.02. The van der Waals surface area contributed by atoms with Crippen molar-refractivity contribution in [1.29, 1.82) is 0 Å². The minimum atomic E-state index is 0.0471. The lowest BCUT2D eigenvalue weighted by molar-refractivity contribution is -0.117. The van der Waals surface area contributed by atoms with Crippen molar-refractivity contribution in [3.05, 3.63) is 83.7 Å². The highest BCUT2D eigenvalue weighted by Gasteiger charge is 2.35. The normalized spacial score (nSPS) is 15.7. The quantitative estimate of drug-likeness (QED) is 0.313. The number of aryl methyl sites for hydroxylation is 3. The van der Waals surface area contributed by atoms with Crippen molar-refractivity contribution in [3.8, 4) is 11.5 Å². The van der Waals surface area contributed by atoms with Crippen LogP contribution in [0, 0.1) is 13.8 Å². The molecule has 1 atom stereocenters. The molecular weight excluding hydrogens is 438 g/mol. The number of para-hydroxylation sites is 4. The monoisotopic (exact) mass is 469 g/mol. The molecule has 1 fully saturated rings. The maximum atomic E-state index is 13.0. The average molecular weight is 470 g/mol. The van der Waals surface area contributed by atoms with Gasteiger partial charge in [-0.25, -0.2) is 4.98 Å². The zero-order chi connectivity index (χ0) is 24.4. The van der Waals surface area contributed by atoms with Crippen LogP contribution in [-0.2, 0) is 11.3 Å². The molecule has 2 heterocycles.